The Morgan fingerprint density at radius 2 is 1.68 bits per heavy atom. The molecular weight excluding hydrogens is 342 g/mol. The number of benzene rings is 2. The van der Waals surface area contributed by atoms with Crippen LogP contribution < -0.4 is 5.32 Å². The summed E-state index contributed by atoms with van der Waals surface area (Å²) in [4.78, 5) is 12.0. The average molecular weight is 350 g/mol. The standard InChI is InChI=1S/C14H8Cl2F3NO2/c15-10-5-7(6-11(21)12(10)16)13(22)20-9-3-1-8(2-4-9)14(17,18)19/h1-6,21H,(H,20,22). The Bertz CT molecular complexity index is 692. The maximum Gasteiger partial charge on any atom is 0.416 e. The highest BCUT2D eigenvalue weighted by Crippen LogP contribution is 2.33. The number of anilines is 1. The van der Waals surface area contributed by atoms with Gasteiger partial charge in [-0.05, 0) is 36.4 Å². The number of phenols is 1. The highest BCUT2D eigenvalue weighted by molar-refractivity contribution is 6.43. The second-order valence-corrected chi connectivity index (χ2v) is 5.11. The first-order valence-corrected chi connectivity index (χ1v) is 6.60. The predicted octanol–water partition coefficient (Wildman–Crippen LogP) is 4.97. The van der Waals surface area contributed by atoms with E-state index in [1.54, 1.807) is 0 Å². The molecule has 0 heterocycles. The van der Waals surface area contributed by atoms with Gasteiger partial charge in [0.05, 0.1) is 10.6 Å². The molecule has 0 bridgehead atoms. The van der Waals surface area contributed by atoms with Crippen molar-refractivity contribution in [2.24, 2.45) is 0 Å². The zero-order chi connectivity index (χ0) is 16.5. The molecule has 0 saturated heterocycles. The molecule has 8 heteroatoms. The molecule has 0 saturated carbocycles. The number of aromatic hydroxyl groups is 1. The van der Waals surface area contributed by atoms with E-state index in [1.165, 1.54) is 6.07 Å². The van der Waals surface area contributed by atoms with E-state index in [4.69, 9.17) is 23.2 Å². The lowest BCUT2D eigenvalue weighted by molar-refractivity contribution is -0.137. The number of halogens is 5. The molecule has 0 radical (unpaired) electrons. The van der Waals surface area contributed by atoms with Gasteiger partial charge in [0.15, 0.2) is 0 Å². The third-order valence-electron chi connectivity index (χ3n) is 2.74. The molecule has 2 N–H and O–H groups in total. The minimum Gasteiger partial charge on any atom is -0.506 e. The van der Waals surface area contributed by atoms with Gasteiger partial charge >= 0.3 is 6.18 Å². The maximum atomic E-state index is 12.4. The summed E-state index contributed by atoms with van der Waals surface area (Å²) in [5, 5.41) is 11.8. The van der Waals surface area contributed by atoms with Crippen molar-refractivity contribution in [2.45, 2.75) is 6.18 Å². The lowest BCUT2D eigenvalue weighted by Crippen LogP contribution is -2.12. The summed E-state index contributed by atoms with van der Waals surface area (Å²) < 4.78 is 37.3. The van der Waals surface area contributed by atoms with Crippen LogP contribution in [0, 0.1) is 0 Å². The number of carbonyl (C=O) groups excluding carboxylic acids is 1. The fraction of sp³-hybridized carbons (Fsp3) is 0.0714. The van der Waals surface area contributed by atoms with Gasteiger partial charge < -0.3 is 10.4 Å². The first kappa shape index (κ1) is 16.5. The van der Waals surface area contributed by atoms with E-state index in [0.29, 0.717) is 0 Å². The Kier molecular flexibility index (Phi) is 4.53. The first-order chi connectivity index (χ1) is 10.2. The number of carbonyl (C=O) groups is 1. The van der Waals surface area contributed by atoms with E-state index in [1.807, 2.05) is 0 Å². The molecule has 0 spiro atoms. The van der Waals surface area contributed by atoms with Gasteiger partial charge in [0, 0.05) is 11.3 Å². The summed E-state index contributed by atoms with van der Waals surface area (Å²) in [6.07, 6.45) is -4.45. The van der Waals surface area contributed by atoms with Crippen LogP contribution in [0.1, 0.15) is 15.9 Å². The van der Waals surface area contributed by atoms with Crippen LogP contribution >= 0.6 is 23.2 Å². The molecule has 0 fully saturated rings. The van der Waals surface area contributed by atoms with E-state index in [2.05, 4.69) is 5.32 Å². The van der Waals surface area contributed by atoms with Gasteiger partial charge in [-0.25, -0.2) is 0 Å². The van der Waals surface area contributed by atoms with Crippen molar-refractivity contribution in [3.63, 3.8) is 0 Å². The van der Waals surface area contributed by atoms with Crippen LogP contribution in [0.5, 0.6) is 5.75 Å². The van der Waals surface area contributed by atoms with E-state index in [0.717, 1.165) is 30.3 Å². The van der Waals surface area contributed by atoms with Gasteiger partial charge in [-0.15, -0.1) is 0 Å². The summed E-state index contributed by atoms with van der Waals surface area (Å²) in [6, 6.07) is 6.29. The van der Waals surface area contributed by atoms with Crippen LogP contribution in [0.15, 0.2) is 36.4 Å². The molecule has 0 aromatic heterocycles. The molecule has 2 aromatic rings. The zero-order valence-electron chi connectivity index (χ0n) is 10.7. The predicted molar refractivity (Wildman–Crippen MR) is 77.5 cm³/mol. The molecule has 0 aliphatic heterocycles. The number of nitrogens with one attached hydrogen (secondary N) is 1. The van der Waals surface area contributed by atoms with Gasteiger partial charge in [0.2, 0.25) is 0 Å². The van der Waals surface area contributed by atoms with E-state index < -0.39 is 17.6 Å². The van der Waals surface area contributed by atoms with Crippen LogP contribution in [0.4, 0.5) is 18.9 Å². The van der Waals surface area contributed by atoms with E-state index >= 15 is 0 Å². The van der Waals surface area contributed by atoms with Gasteiger partial charge in [0.25, 0.3) is 5.91 Å². The van der Waals surface area contributed by atoms with Crippen LogP contribution in [0.25, 0.3) is 0 Å². The van der Waals surface area contributed by atoms with Crippen molar-refractivity contribution in [2.75, 3.05) is 5.32 Å². The van der Waals surface area contributed by atoms with Crippen molar-refractivity contribution in [1.29, 1.82) is 0 Å². The second kappa shape index (κ2) is 6.06. The molecule has 3 nitrogen and oxygen atoms in total. The Labute approximate surface area is 133 Å². The molecule has 0 aliphatic rings. The summed E-state index contributed by atoms with van der Waals surface area (Å²) in [5.74, 6) is -1.01. The van der Waals surface area contributed by atoms with Crippen LogP contribution in [-0.4, -0.2) is 11.0 Å². The summed E-state index contributed by atoms with van der Waals surface area (Å²) in [5.41, 5.74) is -0.631. The molecule has 2 aromatic carbocycles. The van der Waals surface area contributed by atoms with Crippen molar-refractivity contribution < 1.29 is 23.1 Å². The molecule has 0 unspecified atom stereocenters. The van der Waals surface area contributed by atoms with Gasteiger partial charge in [0.1, 0.15) is 10.8 Å². The number of hydrogen-bond donors (Lipinski definition) is 2. The molecule has 2 rings (SSSR count). The Hall–Kier alpha value is -1.92. The number of hydrogen-bond acceptors (Lipinski definition) is 2. The van der Waals surface area contributed by atoms with E-state index in [-0.39, 0.29) is 27.0 Å². The number of amides is 1. The summed E-state index contributed by atoms with van der Waals surface area (Å²) in [7, 11) is 0. The Morgan fingerprint density at radius 1 is 1.09 bits per heavy atom. The summed E-state index contributed by atoms with van der Waals surface area (Å²) >= 11 is 11.4. The topological polar surface area (TPSA) is 49.3 Å². The molecule has 0 atom stereocenters. The molecular formula is C14H8Cl2F3NO2. The van der Waals surface area contributed by atoms with Crippen LogP contribution in [0.2, 0.25) is 10.0 Å². The van der Waals surface area contributed by atoms with Crippen molar-refractivity contribution in [3.8, 4) is 5.75 Å². The SMILES string of the molecule is O=C(Nc1ccc(C(F)(F)F)cc1)c1cc(O)c(Cl)c(Cl)c1. The Morgan fingerprint density at radius 3 is 2.18 bits per heavy atom. The number of rotatable bonds is 2. The van der Waals surface area contributed by atoms with Crippen molar-refractivity contribution >= 4 is 34.8 Å². The first-order valence-electron chi connectivity index (χ1n) is 5.85. The van der Waals surface area contributed by atoms with E-state index in [9.17, 15) is 23.1 Å². The number of alkyl halides is 3. The normalized spacial score (nSPS) is 11.3. The minimum absolute atomic E-state index is 0.0146. The van der Waals surface area contributed by atoms with Gasteiger partial charge in [-0.1, -0.05) is 23.2 Å². The fourth-order valence-corrected chi connectivity index (χ4v) is 1.97. The second-order valence-electron chi connectivity index (χ2n) is 4.32. The highest BCUT2D eigenvalue weighted by Gasteiger charge is 2.30. The van der Waals surface area contributed by atoms with Gasteiger partial charge in [-0.2, -0.15) is 13.2 Å². The largest absolute Gasteiger partial charge is 0.506 e. The van der Waals surface area contributed by atoms with Crippen LogP contribution in [0.3, 0.4) is 0 Å². The molecule has 1 amide bonds. The fourth-order valence-electron chi connectivity index (χ4n) is 1.65. The molecule has 22 heavy (non-hydrogen) atoms. The monoisotopic (exact) mass is 349 g/mol. The Balaban J connectivity index is 2.19. The zero-order valence-corrected chi connectivity index (χ0v) is 12.2. The third-order valence-corrected chi connectivity index (χ3v) is 3.53. The molecule has 0 aliphatic carbocycles. The van der Waals surface area contributed by atoms with Crippen molar-refractivity contribution in [3.05, 3.63) is 57.6 Å². The smallest absolute Gasteiger partial charge is 0.416 e. The lowest BCUT2D eigenvalue weighted by atomic mass is 10.1. The highest BCUT2D eigenvalue weighted by atomic mass is 35.5. The summed E-state index contributed by atoms with van der Waals surface area (Å²) in [6.45, 7) is 0. The maximum absolute atomic E-state index is 12.4. The van der Waals surface area contributed by atoms with Crippen molar-refractivity contribution in [1.82, 2.24) is 0 Å². The number of phenolic OH excluding ortho intramolecular Hbond substituents is 1. The molecule has 116 valence electrons. The van der Waals surface area contributed by atoms with Crippen LogP contribution in [-0.2, 0) is 6.18 Å². The minimum atomic E-state index is -4.45. The lowest BCUT2D eigenvalue weighted by Gasteiger charge is -2.09. The average Bonchev–Trinajstić information content (AvgIpc) is 2.43. The quantitative estimate of drug-likeness (QED) is 0.803. The van der Waals surface area contributed by atoms with Gasteiger partial charge in [-0.3, -0.25) is 4.79 Å². The third kappa shape index (κ3) is 3.64.